The Kier molecular flexibility index (Phi) is 5.28. The Morgan fingerprint density at radius 2 is 2.44 bits per heavy atom. The predicted octanol–water partition coefficient (Wildman–Crippen LogP) is 1.79. The van der Waals surface area contributed by atoms with Crippen LogP contribution in [0.25, 0.3) is 0 Å². The molecular formula is C11H15NO3S. The summed E-state index contributed by atoms with van der Waals surface area (Å²) >= 11 is 1.30. The lowest BCUT2D eigenvalue weighted by Gasteiger charge is -2.06. The van der Waals surface area contributed by atoms with Crippen LogP contribution in [0.4, 0.5) is 0 Å². The number of aliphatic hydroxyl groups excluding tert-OH is 1. The van der Waals surface area contributed by atoms with Gasteiger partial charge in [-0.3, -0.25) is 4.79 Å². The van der Waals surface area contributed by atoms with Crippen LogP contribution in [0, 0.1) is 0 Å². The number of esters is 1. The van der Waals surface area contributed by atoms with Gasteiger partial charge in [-0.25, -0.2) is 4.98 Å². The quantitative estimate of drug-likeness (QED) is 0.629. The van der Waals surface area contributed by atoms with Gasteiger partial charge in [0.1, 0.15) is 0 Å². The molecule has 1 aromatic rings. The highest BCUT2D eigenvalue weighted by molar-refractivity contribution is 7.99. The predicted molar refractivity (Wildman–Crippen MR) is 62.2 cm³/mol. The molecule has 88 valence electrons. The van der Waals surface area contributed by atoms with Gasteiger partial charge in [-0.05, 0) is 31.5 Å². The van der Waals surface area contributed by atoms with Gasteiger partial charge in [-0.1, -0.05) is 11.8 Å². The second kappa shape index (κ2) is 6.50. The van der Waals surface area contributed by atoms with Crippen molar-refractivity contribution in [3.8, 4) is 0 Å². The third-order valence-corrected chi connectivity index (χ3v) is 2.78. The average Bonchev–Trinajstić information content (AvgIpc) is 2.27. The van der Waals surface area contributed by atoms with E-state index in [1.165, 1.54) is 11.8 Å². The maximum Gasteiger partial charge on any atom is 0.316 e. The molecule has 0 aromatic carbocycles. The summed E-state index contributed by atoms with van der Waals surface area (Å²) in [5.41, 5.74) is 0.793. The molecular weight excluding hydrogens is 226 g/mol. The molecule has 5 heteroatoms. The van der Waals surface area contributed by atoms with E-state index in [0.717, 1.165) is 5.56 Å². The number of hydrogen-bond acceptors (Lipinski definition) is 5. The number of carbonyl (C=O) groups excluding carboxylic acids is 1. The second-order valence-electron chi connectivity index (χ2n) is 3.20. The fourth-order valence-electron chi connectivity index (χ4n) is 1.10. The molecule has 0 bridgehead atoms. The first-order chi connectivity index (χ1) is 7.63. The Balaban J connectivity index is 2.54. The van der Waals surface area contributed by atoms with E-state index in [0.29, 0.717) is 11.6 Å². The zero-order valence-corrected chi connectivity index (χ0v) is 10.2. The van der Waals surface area contributed by atoms with E-state index < -0.39 is 6.10 Å². The number of nitrogens with zero attached hydrogens (tertiary/aromatic N) is 1. The van der Waals surface area contributed by atoms with Crippen molar-refractivity contribution in [2.75, 3.05) is 12.4 Å². The van der Waals surface area contributed by atoms with Crippen LogP contribution >= 0.6 is 11.8 Å². The SMILES string of the molecule is CCOC(=O)CSc1cc([C@H](C)O)ccn1. The number of aromatic nitrogens is 1. The van der Waals surface area contributed by atoms with Crippen LogP contribution in [-0.2, 0) is 9.53 Å². The van der Waals surface area contributed by atoms with Crippen molar-refractivity contribution in [3.63, 3.8) is 0 Å². The minimum absolute atomic E-state index is 0.240. The summed E-state index contributed by atoms with van der Waals surface area (Å²) in [7, 11) is 0. The number of pyridine rings is 1. The highest BCUT2D eigenvalue weighted by Gasteiger charge is 2.06. The molecule has 0 saturated carbocycles. The van der Waals surface area contributed by atoms with Crippen molar-refractivity contribution in [1.29, 1.82) is 0 Å². The Hall–Kier alpha value is -1.07. The number of aliphatic hydroxyl groups is 1. The maximum atomic E-state index is 11.1. The van der Waals surface area contributed by atoms with Crippen LogP contribution in [0.1, 0.15) is 25.5 Å². The smallest absolute Gasteiger partial charge is 0.316 e. The fraction of sp³-hybridized carbons (Fsp3) is 0.455. The second-order valence-corrected chi connectivity index (χ2v) is 4.19. The number of hydrogen-bond donors (Lipinski definition) is 1. The minimum Gasteiger partial charge on any atom is -0.465 e. The highest BCUT2D eigenvalue weighted by atomic mass is 32.2. The summed E-state index contributed by atoms with van der Waals surface area (Å²) < 4.78 is 4.80. The molecule has 16 heavy (non-hydrogen) atoms. The summed E-state index contributed by atoms with van der Waals surface area (Å²) in [4.78, 5) is 15.2. The van der Waals surface area contributed by atoms with Crippen LogP contribution in [0.3, 0.4) is 0 Å². The fourth-order valence-corrected chi connectivity index (χ4v) is 1.80. The van der Waals surface area contributed by atoms with Crippen molar-refractivity contribution in [3.05, 3.63) is 23.9 Å². The van der Waals surface area contributed by atoms with Crippen LogP contribution in [0.15, 0.2) is 23.4 Å². The van der Waals surface area contributed by atoms with Gasteiger partial charge in [0.25, 0.3) is 0 Å². The van der Waals surface area contributed by atoms with Gasteiger partial charge in [0.2, 0.25) is 0 Å². The number of thioether (sulfide) groups is 1. The van der Waals surface area contributed by atoms with Crippen molar-refractivity contribution in [2.24, 2.45) is 0 Å². The molecule has 0 amide bonds. The Bertz CT molecular complexity index is 355. The van der Waals surface area contributed by atoms with Crippen molar-refractivity contribution in [2.45, 2.75) is 25.0 Å². The van der Waals surface area contributed by atoms with Crippen molar-refractivity contribution in [1.82, 2.24) is 4.98 Å². The summed E-state index contributed by atoms with van der Waals surface area (Å²) in [5.74, 6) is -0.0128. The molecule has 0 aliphatic heterocycles. The van der Waals surface area contributed by atoms with Gasteiger partial charge in [0.05, 0.1) is 23.5 Å². The van der Waals surface area contributed by atoms with Gasteiger partial charge in [-0.15, -0.1) is 0 Å². The van der Waals surface area contributed by atoms with E-state index in [4.69, 9.17) is 4.74 Å². The zero-order chi connectivity index (χ0) is 12.0. The molecule has 0 unspecified atom stereocenters. The van der Waals surface area contributed by atoms with Gasteiger partial charge in [-0.2, -0.15) is 0 Å². The number of rotatable bonds is 5. The van der Waals surface area contributed by atoms with Gasteiger partial charge < -0.3 is 9.84 Å². The Labute approximate surface area is 99.0 Å². The summed E-state index contributed by atoms with van der Waals surface area (Å²) in [6.45, 7) is 3.85. The Morgan fingerprint density at radius 3 is 3.06 bits per heavy atom. The zero-order valence-electron chi connectivity index (χ0n) is 9.34. The van der Waals surface area contributed by atoms with Crippen LogP contribution in [0.2, 0.25) is 0 Å². The first kappa shape index (κ1) is 13.0. The minimum atomic E-state index is -0.523. The first-order valence-electron chi connectivity index (χ1n) is 5.06. The van der Waals surface area contributed by atoms with Gasteiger partial charge in [0.15, 0.2) is 0 Å². The molecule has 0 aliphatic rings. The number of ether oxygens (including phenoxy) is 1. The molecule has 0 saturated heterocycles. The molecule has 0 aliphatic carbocycles. The van der Waals surface area contributed by atoms with E-state index >= 15 is 0 Å². The Morgan fingerprint density at radius 1 is 1.69 bits per heavy atom. The monoisotopic (exact) mass is 241 g/mol. The van der Waals surface area contributed by atoms with Crippen LogP contribution in [0.5, 0.6) is 0 Å². The molecule has 0 spiro atoms. The van der Waals surface area contributed by atoms with E-state index in [9.17, 15) is 9.90 Å². The lowest BCUT2D eigenvalue weighted by molar-refractivity contribution is -0.139. The largest absolute Gasteiger partial charge is 0.465 e. The van der Waals surface area contributed by atoms with Gasteiger partial charge in [0, 0.05) is 6.20 Å². The molecule has 0 radical (unpaired) electrons. The van der Waals surface area contributed by atoms with Crippen molar-refractivity contribution >= 4 is 17.7 Å². The van der Waals surface area contributed by atoms with E-state index in [2.05, 4.69) is 4.98 Å². The molecule has 1 atom stereocenters. The number of carbonyl (C=O) groups is 1. The molecule has 0 fully saturated rings. The standard InChI is InChI=1S/C11H15NO3S/c1-3-15-11(14)7-16-10-6-9(8(2)13)4-5-12-10/h4-6,8,13H,3,7H2,1-2H3/t8-/m0/s1. The molecule has 1 rings (SSSR count). The van der Waals surface area contributed by atoms with E-state index in [-0.39, 0.29) is 11.7 Å². The topological polar surface area (TPSA) is 59.4 Å². The van der Waals surface area contributed by atoms with Crippen LogP contribution in [-0.4, -0.2) is 28.4 Å². The lowest BCUT2D eigenvalue weighted by Crippen LogP contribution is -2.06. The first-order valence-corrected chi connectivity index (χ1v) is 6.04. The van der Waals surface area contributed by atoms with Gasteiger partial charge >= 0.3 is 5.97 Å². The highest BCUT2D eigenvalue weighted by Crippen LogP contribution is 2.19. The van der Waals surface area contributed by atoms with E-state index in [1.807, 2.05) is 0 Å². The van der Waals surface area contributed by atoms with E-state index in [1.54, 1.807) is 32.2 Å². The van der Waals surface area contributed by atoms with Crippen molar-refractivity contribution < 1.29 is 14.6 Å². The normalized spacial score (nSPS) is 12.2. The summed E-state index contributed by atoms with van der Waals surface area (Å²) in [5, 5.41) is 10.1. The molecule has 4 nitrogen and oxygen atoms in total. The lowest BCUT2D eigenvalue weighted by atomic mass is 10.2. The third kappa shape index (κ3) is 4.20. The summed E-state index contributed by atoms with van der Waals surface area (Å²) in [6, 6.07) is 3.52. The molecule has 1 aromatic heterocycles. The average molecular weight is 241 g/mol. The maximum absolute atomic E-state index is 11.1. The third-order valence-electron chi connectivity index (χ3n) is 1.88. The summed E-state index contributed by atoms with van der Waals surface area (Å²) in [6.07, 6.45) is 1.10. The molecule has 1 N–H and O–H groups in total. The van der Waals surface area contributed by atoms with Crippen LogP contribution < -0.4 is 0 Å². The molecule has 1 heterocycles.